The number of rotatable bonds is 3. The normalized spacial score (nSPS) is 23.1. The smallest absolute Gasteiger partial charge is 0.331 e. The van der Waals surface area contributed by atoms with Gasteiger partial charge in [-0.1, -0.05) is 6.07 Å². The molecule has 2 N–H and O–H groups in total. The molecule has 2 aliphatic heterocycles. The first-order valence-corrected chi connectivity index (χ1v) is 8.88. The van der Waals surface area contributed by atoms with Crippen molar-refractivity contribution in [3.05, 3.63) is 29.6 Å². The summed E-state index contributed by atoms with van der Waals surface area (Å²) in [5.41, 5.74) is -0.390. The highest BCUT2D eigenvalue weighted by Gasteiger charge is 2.32. The van der Waals surface area contributed by atoms with E-state index in [9.17, 15) is 18.0 Å². The Morgan fingerprint density at radius 3 is 2.58 bits per heavy atom. The third kappa shape index (κ3) is 4.45. The van der Waals surface area contributed by atoms with E-state index in [1.54, 1.807) is 11.8 Å². The zero-order valence-corrected chi connectivity index (χ0v) is 14.7. The van der Waals surface area contributed by atoms with Crippen molar-refractivity contribution in [2.75, 3.05) is 39.3 Å². The summed E-state index contributed by atoms with van der Waals surface area (Å²) < 4.78 is 37.7. The second-order valence-corrected chi connectivity index (χ2v) is 6.82. The second-order valence-electron chi connectivity index (χ2n) is 6.82. The van der Waals surface area contributed by atoms with Gasteiger partial charge in [-0.05, 0) is 31.5 Å². The molecule has 26 heavy (non-hydrogen) atoms. The molecule has 1 unspecified atom stereocenters. The summed E-state index contributed by atoms with van der Waals surface area (Å²) in [4.78, 5) is 20.0. The maximum absolute atomic E-state index is 12.6. The molecule has 2 amide bonds. The van der Waals surface area contributed by atoms with Crippen LogP contribution in [-0.4, -0.2) is 66.1 Å². The molecule has 2 atom stereocenters. The minimum atomic E-state index is -4.46. The van der Waals surface area contributed by atoms with E-state index >= 15 is 0 Å². The number of carbonyl (C=O) groups is 1. The van der Waals surface area contributed by atoms with Gasteiger partial charge in [0, 0.05) is 45.0 Å². The lowest BCUT2D eigenvalue weighted by Gasteiger charge is -2.38. The Balaban J connectivity index is 1.50. The van der Waals surface area contributed by atoms with Gasteiger partial charge in [-0.25, -0.2) is 4.79 Å². The van der Waals surface area contributed by atoms with Gasteiger partial charge < -0.3 is 15.5 Å². The standard InChI is InChI=1S/C17H24F3N5O/c1-12(13-2-3-15(22-10-13)17(18,19)20)23-16(26)25-8-6-24(7-9-25)14-4-5-21-11-14/h2-3,10,12,14,21H,4-9,11H2,1H3,(H,23,26)/t12-,14?/m1/s1. The SMILES string of the molecule is C[C@@H](NC(=O)N1CCN(C2CCNC2)CC1)c1ccc(C(F)(F)F)nc1. The maximum atomic E-state index is 12.6. The van der Waals surface area contributed by atoms with E-state index < -0.39 is 17.9 Å². The third-order valence-corrected chi connectivity index (χ3v) is 5.07. The fraction of sp³-hybridized carbons (Fsp3) is 0.647. The monoisotopic (exact) mass is 371 g/mol. The van der Waals surface area contributed by atoms with Crippen molar-refractivity contribution in [1.82, 2.24) is 25.4 Å². The average molecular weight is 371 g/mol. The van der Waals surface area contributed by atoms with E-state index in [1.165, 1.54) is 12.3 Å². The summed E-state index contributed by atoms with van der Waals surface area (Å²) in [7, 11) is 0. The van der Waals surface area contributed by atoms with Crippen molar-refractivity contribution >= 4 is 6.03 Å². The molecule has 0 aromatic carbocycles. The van der Waals surface area contributed by atoms with Gasteiger partial charge >= 0.3 is 12.2 Å². The predicted octanol–water partition coefficient (Wildman–Crippen LogP) is 1.85. The molecule has 0 saturated carbocycles. The minimum absolute atomic E-state index is 0.193. The van der Waals surface area contributed by atoms with Gasteiger partial charge in [-0.15, -0.1) is 0 Å². The number of halogens is 3. The number of amides is 2. The van der Waals surface area contributed by atoms with E-state index in [0.29, 0.717) is 24.7 Å². The Morgan fingerprint density at radius 1 is 1.31 bits per heavy atom. The molecule has 0 aliphatic carbocycles. The van der Waals surface area contributed by atoms with Crippen molar-refractivity contribution in [2.24, 2.45) is 0 Å². The van der Waals surface area contributed by atoms with Crippen LogP contribution in [0.1, 0.15) is 30.6 Å². The summed E-state index contributed by atoms with van der Waals surface area (Å²) in [5.74, 6) is 0. The zero-order valence-electron chi connectivity index (χ0n) is 14.7. The molecule has 0 radical (unpaired) electrons. The largest absolute Gasteiger partial charge is 0.433 e. The predicted molar refractivity (Wildman–Crippen MR) is 90.6 cm³/mol. The third-order valence-electron chi connectivity index (χ3n) is 5.07. The second kappa shape index (κ2) is 7.79. The van der Waals surface area contributed by atoms with E-state index in [2.05, 4.69) is 20.5 Å². The molecule has 1 aromatic heterocycles. The molecule has 3 heterocycles. The van der Waals surface area contributed by atoms with Crippen LogP contribution >= 0.6 is 0 Å². The van der Waals surface area contributed by atoms with E-state index in [1.807, 2.05) is 0 Å². The fourth-order valence-electron chi connectivity index (χ4n) is 3.43. The maximum Gasteiger partial charge on any atom is 0.433 e. The van der Waals surface area contributed by atoms with Crippen LogP contribution in [-0.2, 0) is 6.18 Å². The number of urea groups is 1. The lowest BCUT2D eigenvalue weighted by Crippen LogP contribution is -2.54. The van der Waals surface area contributed by atoms with Gasteiger partial charge in [-0.3, -0.25) is 9.88 Å². The lowest BCUT2D eigenvalue weighted by atomic mass is 10.1. The van der Waals surface area contributed by atoms with Crippen molar-refractivity contribution in [1.29, 1.82) is 0 Å². The highest BCUT2D eigenvalue weighted by atomic mass is 19.4. The topological polar surface area (TPSA) is 60.5 Å². The van der Waals surface area contributed by atoms with Crippen molar-refractivity contribution in [3.8, 4) is 0 Å². The van der Waals surface area contributed by atoms with Gasteiger partial charge in [-0.2, -0.15) is 13.2 Å². The molecule has 2 fully saturated rings. The molecule has 2 saturated heterocycles. The first-order valence-electron chi connectivity index (χ1n) is 8.88. The molecule has 144 valence electrons. The van der Waals surface area contributed by atoms with Crippen molar-refractivity contribution in [2.45, 2.75) is 31.6 Å². The number of pyridine rings is 1. The number of aromatic nitrogens is 1. The summed E-state index contributed by atoms with van der Waals surface area (Å²) in [6, 6.07) is 2.24. The Labute approximate surface area is 150 Å². The molecular weight excluding hydrogens is 347 g/mol. The van der Waals surface area contributed by atoms with E-state index in [0.717, 1.165) is 38.7 Å². The molecular formula is C17H24F3N5O. The minimum Gasteiger partial charge on any atom is -0.331 e. The van der Waals surface area contributed by atoms with Crippen molar-refractivity contribution in [3.63, 3.8) is 0 Å². The zero-order chi connectivity index (χ0) is 18.7. The van der Waals surface area contributed by atoms with Crippen LogP contribution in [0.4, 0.5) is 18.0 Å². The number of hydrogen-bond acceptors (Lipinski definition) is 4. The van der Waals surface area contributed by atoms with Crippen LogP contribution in [0.2, 0.25) is 0 Å². The average Bonchev–Trinajstić information content (AvgIpc) is 3.16. The Morgan fingerprint density at radius 2 is 2.04 bits per heavy atom. The molecule has 2 aliphatic rings. The number of alkyl halides is 3. The quantitative estimate of drug-likeness (QED) is 0.851. The molecule has 0 bridgehead atoms. The van der Waals surface area contributed by atoms with E-state index in [-0.39, 0.29) is 6.03 Å². The molecule has 6 nitrogen and oxygen atoms in total. The summed E-state index contributed by atoms with van der Waals surface area (Å²) in [5, 5.41) is 6.19. The first-order chi connectivity index (χ1) is 12.3. The number of piperazine rings is 1. The summed E-state index contributed by atoms with van der Waals surface area (Å²) >= 11 is 0. The van der Waals surface area contributed by atoms with Crippen LogP contribution in [0.3, 0.4) is 0 Å². The number of carbonyl (C=O) groups excluding carboxylic acids is 1. The molecule has 0 spiro atoms. The number of hydrogen-bond donors (Lipinski definition) is 2. The van der Waals surface area contributed by atoms with Crippen molar-refractivity contribution < 1.29 is 18.0 Å². The van der Waals surface area contributed by atoms with Crippen LogP contribution in [0.25, 0.3) is 0 Å². The molecule has 1 aromatic rings. The van der Waals surface area contributed by atoms with Gasteiger partial charge in [0.25, 0.3) is 0 Å². The van der Waals surface area contributed by atoms with Crippen LogP contribution < -0.4 is 10.6 Å². The van der Waals surface area contributed by atoms with Gasteiger partial charge in [0.15, 0.2) is 0 Å². The first kappa shape index (κ1) is 18.9. The van der Waals surface area contributed by atoms with E-state index in [4.69, 9.17) is 0 Å². The highest BCUT2D eigenvalue weighted by Crippen LogP contribution is 2.27. The summed E-state index contributed by atoms with van der Waals surface area (Å²) in [6.07, 6.45) is -2.15. The van der Waals surface area contributed by atoms with Gasteiger partial charge in [0.2, 0.25) is 0 Å². The Bertz CT molecular complexity index is 608. The Hall–Kier alpha value is -1.87. The fourth-order valence-corrected chi connectivity index (χ4v) is 3.43. The van der Waals surface area contributed by atoms with Gasteiger partial charge in [0.1, 0.15) is 5.69 Å². The molecule has 9 heteroatoms. The number of nitrogens with one attached hydrogen (secondary N) is 2. The molecule has 3 rings (SSSR count). The Kier molecular flexibility index (Phi) is 5.67. The number of nitrogens with zero attached hydrogens (tertiary/aromatic N) is 3. The highest BCUT2D eigenvalue weighted by molar-refractivity contribution is 5.74. The van der Waals surface area contributed by atoms with Crippen LogP contribution in [0.5, 0.6) is 0 Å². The van der Waals surface area contributed by atoms with Crippen LogP contribution in [0, 0.1) is 0 Å². The lowest BCUT2D eigenvalue weighted by molar-refractivity contribution is -0.141. The summed E-state index contributed by atoms with van der Waals surface area (Å²) in [6.45, 7) is 6.78. The van der Waals surface area contributed by atoms with Crippen LogP contribution in [0.15, 0.2) is 18.3 Å². The van der Waals surface area contributed by atoms with Gasteiger partial charge in [0.05, 0.1) is 6.04 Å².